The number of urea groups is 1. The van der Waals surface area contributed by atoms with E-state index in [4.69, 9.17) is 11.6 Å². The normalized spacial score (nSPS) is 15.6. The zero-order chi connectivity index (χ0) is 20.8. The number of rotatable bonds is 5. The van der Waals surface area contributed by atoms with Crippen molar-refractivity contribution in [2.45, 2.75) is 25.7 Å². The van der Waals surface area contributed by atoms with Gasteiger partial charge in [0, 0.05) is 35.8 Å². The molecule has 0 fully saturated rings. The minimum Gasteiger partial charge on any atom is -0.388 e. The van der Waals surface area contributed by atoms with Crippen molar-refractivity contribution in [1.82, 2.24) is 15.6 Å². The van der Waals surface area contributed by atoms with Crippen LogP contribution in [0.1, 0.15) is 25.7 Å². The molecule has 2 aromatic rings. The average molecular weight is 421 g/mol. The lowest BCUT2D eigenvalue weighted by Gasteiger charge is -2.18. The van der Waals surface area contributed by atoms with Crippen molar-refractivity contribution in [3.63, 3.8) is 0 Å². The van der Waals surface area contributed by atoms with E-state index in [1.165, 1.54) is 23.3 Å². The van der Waals surface area contributed by atoms with E-state index in [1.54, 1.807) is 6.07 Å². The van der Waals surface area contributed by atoms with E-state index in [0.717, 1.165) is 37.1 Å². The molecule has 30 heavy (non-hydrogen) atoms. The number of carbonyl (C=O) groups excluding carboxylic acids is 1. The molecule has 0 saturated heterocycles. The van der Waals surface area contributed by atoms with Gasteiger partial charge in [0.2, 0.25) is 0 Å². The van der Waals surface area contributed by atoms with Crippen molar-refractivity contribution >= 4 is 23.4 Å². The van der Waals surface area contributed by atoms with Crippen LogP contribution in [0, 0.1) is 0 Å². The molecule has 0 spiro atoms. The second-order valence-corrected chi connectivity index (χ2v) is 7.78. The van der Waals surface area contributed by atoms with Gasteiger partial charge in [-0.1, -0.05) is 54.1 Å². The maximum atomic E-state index is 12.3. The van der Waals surface area contributed by atoms with Crippen LogP contribution in [0.3, 0.4) is 0 Å². The van der Waals surface area contributed by atoms with Crippen LogP contribution in [0.5, 0.6) is 0 Å². The number of halogens is 1. The van der Waals surface area contributed by atoms with Gasteiger partial charge < -0.3 is 10.6 Å². The van der Waals surface area contributed by atoms with Crippen LogP contribution < -0.4 is 16.0 Å². The Bertz CT molecular complexity index is 1030. The number of nitrogens with zero attached hydrogens (tertiary/aromatic N) is 1. The van der Waals surface area contributed by atoms with E-state index >= 15 is 0 Å². The third kappa shape index (κ3) is 5.10. The Labute approximate surface area is 181 Å². The number of hydrogen-bond acceptors (Lipinski definition) is 3. The molecular weight excluding hydrogens is 396 g/mol. The topological polar surface area (TPSA) is 66.1 Å². The Morgan fingerprint density at radius 2 is 2.03 bits per heavy atom. The Morgan fingerprint density at radius 3 is 2.93 bits per heavy atom. The van der Waals surface area contributed by atoms with Gasteiger partial charge in [-0.05, 0) is 48.6 Å². The van der Waals surface area contributed by atoms with E-state index in [1.807, 2.05) is 36.4 Å². The number of amides is 2. The molecular formula is C24H25ClN4O. The number of benzene rings is 1. The first-order valence-corrected chi connectivity index (χ1v) is 10.7. The van der Waals surface area contributed by atoms with Gasteiger partial charge in [0.25, 0.3) is 0 Å². The highest BCUT2D eigenvalue weighted by Crippen LogP contribution is 2.27. The molecule has 0 radical (unpaired) electrons. The summed E-state index contributed by atoms with van der Waals surface area (Å²) in [6.07, 6.45) is 10.7. The summed E-state index contributed by atoms with van der Waals surface area (Å²) < 4.78 is 0. The maximum absolute atomic E-state index is 12.3. The van der Waals surface area contributed by atoms with E-state index < -0.39 is 0 Å². The molecule has 2 aliphatic rings. The van der Waals surface area contributed by atoms with Crippen LogP contribution in [-0.2, 0) is 0 Å². The number of allylic oxidation sites excluding steroid dienone is 4. The van der Waals surface area contributed by atoms with Crippen LogP contribution in [-0.4, -0.2) is 24.1 Å². The van der Waals surface area contributed by atoms with E-state index in [0.29, 0.717) is 17.4 Å². The van der Waals surface area contributed by atoms with Crippen molar-refractivity contribution in [3.05, 3.63) is 82.6 Å². The zero-order valence-electron chi connectivity index (χ0n) is 16.7. The summed E-state index contributed by atoms with van der Waals surface area (Å²) in [4.78, 5) is 16.8. The lowest BCUT2D eigenvalue weighted by atomic mass is 10.0. The SMILES string of the molecule is O=C(NCCC1=CCC2=C(C=C1)CCCN2)Nc1cccc(-c2ccccc2Cl)n1. The molecule has 6 heteroatoms. The summed E-state index contributed by atoms with van der Waals surface area (Å²) in [5.41, 5.74) is 5.54. The molecule has 1 aromatic carbocycles. The zero-order valence-corrected chi connectivity index (χ0v) is 17.5. The molecule has 4 rings (SSSR count). The Morgan fingerprint density at radius 1 is 1.13 bits per heavy atom. The monoisotopic (exact) mass is 420 g/mol. The molecule has 1 aromatic heterocycles. The summed E-state index contributed by atoms with van der Waals surface area (Å²) in [5.74, 6) is 0.487. The average Bonchev–Trinajstić information content (AvgIpc) is 2.97. The first-order valence-electron chi connectivity index (χ1n) is 10.3. The summed E-state index contributed by atoms with van der Waals surface area (Å²) in [6.45, 7) is 1.62. The van der Waals surface area contributed by atoms with Crippen molar-refractivity contribution < 1.29 is 4.79 Å². The Kier molecular flexibility index (Phi) is 6.50. The van der Waals surface area contributed by atoms with E-state index in [9.17, 15) is 4.79 Å². The molecule has 154 valence electrons. The molecule has 5 nitrogen and oxygen atoms in total. The third-order valence-corrected chi connectivity index (χ3v) is 5.59. The minimum absolute atomic E-state index is 0.268. The van der Waals surface area contributed by atoms with Gasteiger partial charge in [-0.2, -0.15) is 0 Å². The minimum atomic E-state index is -0.268. The molecule has 0 unspecified atom stereocenters. The lowest BCUT2D eigenvalue weighted by Crippen LogP contribution is -2.30. The largest absolute Gasteiger partial charge is 0.388 e. The molecule has 1 aliphatic carbocycles. The summed E-state index contributed by atoms with van der Waals surface area (Å²) in [7, 11) is 0. The maximum Gasteiger partial charge on any atom is 0.320 e. The second kappa shape index (κ2) is 9.63. The van der Waals surface area contributed by atoms with Crippen LogP contribution >= 0.6 is 11.6 Å². The van der Waals surface area contributed by atoms with Crippen molar-refractivity contribution in [1.29, 1.82) is 0 Å². The molecule has 3 N–H and O–H groups in total. The fourth-order valence-electron chi connectivity index (χ4n) is 3.67. The Hall–Kier alpha value is -3.05. The summed E-state index contributed by atoms with van der Waals surface area (Å²) >= 11 is 6.25. The van der Waals surface area contributed by atoms with Crippen molar-refractivity contribution in [3.8, 4) is 11.3 Å². The predicted octanol–water partition coefficient (Wildman–Crippen LogP) is 5.44. The fourth-order valence-corrected chi connectivity index (χ4v) is 3.90. The number of nitrogens with one attached hydrogen (secondary N) is 3. The standard InChI is InChI=1S/C24H25ClN4O/c25-20-7-2-1-6-19(20)22-8-3-9-23(28-22)29-24(30)27-16-14-17-10-12-18-5-4-15-26-21(18)13-11-17/h1-3,6-12,26H,4-5,13-16H2,(H2,27,28,29,30). The van der Waals surface area contributed by atoms with Gasteiger partial charge in [-0.25, -0.2) is 9.78 Å². The first-order chi connectivity index (χ1) is 14.7. The van der Waals surface area contributed by atoms with Gasteiger partial charge in [0.05, 0.1) is 5.69 Å². The van der Waals surface area contributed by atoms with E-state index in [2.05, 4.69) is 39.2 Å². The number of carbonyl (C=O) groups is 1. The summed E-state index contributed by atoms with van der Waals surface area (Å²) in [6, 6.07) is 12.7. The van der Waals surface area contributed by atoms with Crippen LogP contribution in [0.15, 0.2) is 77.5 Å². The number of hydrogen-bond donors (Lipinski definition) is 3. The smallest absolute Gasteiger partial charge is 0.320 e. The number of pyridine rings is 1. The van der Waals surface area contributed by atoms with E-state index in [-0.39, 0.29) is 6.03 Å². The predicted molar refractivity (Wildman–Crippen MR) is 122 cm³/mol. The molecule has 0 saturated carbocycles. The second-order valence-electron chi connectivity index (χ2n) is 7.37. The first kappa shape index (κ1) is 20.2. The van der Waals surface area contributed by atoms with Crippen LogP contribution in [0.4, 0.5) is 10.6 Å². The molecule has 2 heterocycles. The van der Waals surface area contributed by atoms with Gasteiger partial charge in [0.15, 0.2) is 0 Å². The molecule has 2 amide bonds. The highest BCUT2D eigenvalue weighted by molar-refractivity contribution is 6.33. The number of aromatic nitrogens is 1. The fraction of sp³-hybridized carbons (Fsp3) is 0.250. The number of anilines is 1. The highest BCUT2D eigenvalue weighted by atomic mass is 35.5. The molecule has 1 aliphatic heterocycles. The van der Waals surface area contributed by atoms with Gasteiger partial charge in [0.1, 0.15) is 5.82 Å². The van der Waals surface area contributed by atoms with Crippen molar-refractivity contribution in [2.75, 3.05) is 18.4 Å². The Balaban J connectivity index is 1.29. The molecule has 0 bridgehead atoms. The van der Waals surface area contributed by atoms with Crippen molar-refractivity contribution in [2.24, 2.45) is 0 Å². The van der Waals surface area contributed by atoms with Gasteiger partial charge in [-0.15, -0.1) is 0 Å². The van der Waals surface area contributed by atoms with Gasteiger partial charge in [-0.3, -0.25) is 5.32 Å². The lowest BCUT2D eigenvalue weighted by molar-refractivity contribution is 0.252. The highest BCUT2D eigenvalue weighted by Gasteiger charge is 2.12. The van der Waals surface area contributed by atoms with Crippen LogP contribution in [0.2, 0.25) is 5.02 Å². The summed E-state index contributed by atoms with van der Waals surface area (Å²) in [5, 5.41) is 9.83. The van der Waals surface area contributed by atoms with Gasteiger partial charge >= 0.3 is 6.03 Å². The molecule has 0 atom stereocenters. The quantitative estimate of drug-likeness (QED) is 0.603. The third-order valence-electron chi connectivity index (χ3n) is 5.26. The van der Waals surface area contributed by atoms with Crippen LogP contribution in [0.25, 0.3) is 11.3 Å².